The molecule has 1 fully saturated rings. The molecule has 0 aliphatic carbocycles. The lowest BCUT2D eigenvalue weighted by molar-refractivity contribution is 0.213. The predicted molar refractivity (Wildman–Crippen MR) is 124 cm³/mol. The molecule has 160 valence electrons. The van der Waals surface area contributed by atoms with Gasteiger partial charge in [0.25, 0.3) is 0 Å². The highest BCUT2D eigenvalue weighted by Gasteiger charge is 2.18. The zero-order chi connectivity index (χ0) is 21.0. The van der Waals surface area contributed by atoms with Crippen LogP contribution in [0.5, 0.6) is 0 Å². The number of aromatic nitrogens is 5. The number of piperidine rings is 1. The van der Waals surface area contributed by atoms with Crippen molar-refractivity contribution in [2.75, 3.05) is 13.1 Å². The molecule has 6 nitrogen and oxygen atoms in total. The number of pyridine rings is 1. The summed E-state index contributed by atoms with van der Waals surface area (Å²) < 4.78 is 4.23. The summed E-state index contributed by atoms with van der Waals surface area (Å²) in [4.78, 5) is 7.20. The van der Waals surface area contributed by atoms with E-state index in [2.05, 4.69) is 50.0 Å². The minimum absolute atomic E-state index is 0.703. The lowest BCUT2D eigenvalue weighted by Crippen LogP contribution is -2.30. The number of hydrogen-bond donors (Lipinski definition) is 0. The van der Waals surface area contributed by atoms with Crippen LogP contribution in [0.2, 0.25) is 5.02 Å². The van der Waals surface area contributed by atoms with Gasteiger partial charge < -0.3 is 8.97 Å². The molecule has 0 spiro atoms. The Balaban J connectivity index is 1.37. The van der Waals surface area contributed by atoms with Crippen LogP contribution in [0.25, 0.3) is 5.65 Å². The van der Waals surface area contributed by atoms with Crippen molar-refractivity contribution in [2.45, 2.75) is 43.3 Å². The Labute approximate surface area is 191 Å². The van der Waals surface area contributed by atoms with Gasteiger partial charge in [-0.2, -0.15) is 0 Å². The van der Waals surface area contributed by atoms with Gasteiger partial charge in [-0.15, -0.1) is 10.2 Å². The molecule has 4 aromatic rings. The Kier molecular flexibility index (Phi) is 6.25. The Hall–Kier alpha value is -2.35. The molecule has 0 bridgehead atoms. The predicted octanol–water partition coefficient (Wildman–Crippen LogP) is 4.91. The summed E-state index contributed by atoms with van der Waals surface area (Å²) >= 11 is 7.79. The minimum atomic E-state index is 0.703. The van der Waals surface area contributed by atoms with Gasteiger partial charge >= 0.3 is 0 Å². The second kappa shape index (κ2) is 9.42. The average molecular weight is 453 g/mol. The lowest BCUT2D eigenvalue weighted by Gasteiger charge is -2.26. The largest absolute Gasteiger partial charge is 0.305 e. The van der Waals surface area contributed by atoms with Crippen molar-refractivity contribution < 1.29 is 0 Å². The maximum Gasteiger partial charge on any atom is 0.191 e. The SMILES string of the molecule is Clc1ccc2nc(CSc3nnc(CN4CCCCC4)n3Cc3ccccc3)cn2c1. The molecule has 1 aliphatic heterocycles. The van der Waals surface area contributed by atoms with E-state index in [1.807, 2.05) is 28.9 Å². The lowest BCUT2D eigenvalue weighted by atomic mass is 10.1. The van der Waals surface area contributed by atoms with Crippen molar-refractivity contribution in [2.24, 2.45) is 0 Å². The van der Waals surface area contributed by atoms with Gasteiger partial charge in [-0.25, -0.2) is 4.98 Å². The van der Waals surface area contributed by atoms with Gasteiger partial charge in [0.2, 0.25) is 0 Å². The zero-order valence-corrected chi connectivity index (χ0v) is 18.9. The van der Waals surface area contributed by atoms with E-state index in [-0.39, 0.29) is 0 Å². The highest BCUT2D eigenvalue weighted by atomic mass is 35.5. The van der Waals surface area contributed by atoms with E-state index in [0.717, 1.165) is 54.3 Å². The average Bonchev–Trinajstić information content (AvgIpc) is 3.37. The Bertz CT molecular complexity index is 1150. The molecule has 0 unspecified atom stereocenters. The number of hydrogen-bond acceptors (Lipinski definition) is 5. The van der Waals surface area contributed by atoms with E-state index >= 15 is 0 Å². The minimum Gasteiger partial charge on any atom is -0.305 e. The maximum absolute atomic E-state index is 6.10. The first-order chi connectivity index (χ1) is 15.2. The van der Waals surface area contributed by atoms with Gasteiger partial charge in [0, 0.05) is 18.1 Å². The summed E-state index contributed by atoms with van der Waals surface area (Å²) in [6.07, 6.45) is 7.78. The van der Waals surface area contributed by atoms with Crippen molar-refractivity contribution in [3.05, 3.63) is 77.0 Å². The summed E-state index contributed by atoms with van der Waals surface area (Å²) in [6, 6.07) is 14.3. The normalized spacial score (nSPS) is 15.0. The fourth-order valence-electron chi connectivity index (χ4n) is 4.01. The molecule has 5 rings (SSSR count). The van der Waals surface area contributed by atoms with Crippen LogP contribution < -0.4 is 0 Å². The third-order valence-electron chi connectivity index (χ3n) is 5.60. The van der Waals surface area contributed by atoms with E-state index in [4.69, 9.17) is 16.6 Å². The fourth-order valence-corrected chi connectivity index (χ4v) is 5.02. The molecule has 0 amide bonds. The molecule has 0 radical (unpaired) electrons. The number of rotatable bonds is 7. The first-order valence-corrected chi connectivity index (χ1v) is 12.1. The van der Waals surface area contributed by atoms with Gasteiger partial charge in [0.1, 0.15) is 11.5 Å². The first-order valence-electron chi connectivity index (χ1n) is 10.7. The van der Waals surface area contributed by atoms with E-state index in [1.165, 1.54) is 24.8 Å². The van der Waals surface area contributed by atoms with Crippen molar-refractivity contribution in [1.82, 2.24) is 29.0 Å². The van der Waals surface area contributed by atoms with Crippen molar-refractivity contribution in [1.29, 1.82) is 0 Å². The molecular weight excluding hydrogens is 428 g/mol. The number of thioether (sulfide) groups is 1. The van der Waals surface area contributed by atoms with E-state index < -0.39 is 0 Å². The smallest absolute Gasteiger partial charge is 0.191 e. The summed E-state index contributed by atoms with van der Waals surface area (Å²) in [6.45, 7) is 3.92. The number of benzene rings is 1. The van der Waals surface area contributed by atoms with Crippen LogP contribution >= 0.6 is 23.4 Å². The van der Waals surface area contributed by atoms with Gasteiger partial charge in [-0.05, 0) is 43.6 Å². The highest BCUT2D eigenvalue weighted by molar-refractivity contribution is 7.98. The molecule has 1 aliphatic rings. The van der Waals surface area contributed by atoms with Crippen LogP contribution in [-0.2, 0) is 18.8 Å². The Morgan fingerprint density at radius 1 is 0.903 bits per heavy atom. The number of nitrogens with zero attached hydrogens (tertiary/aromatic N) is 6. The van der Waals surface area contributed by atoms with Crippen LogP contribution in [0.1, 0.15) is 36.3 Å². The molecule has 31 heavy (non-hydrogen) atoms. The van der Waals surface area contributed by atoms with Crippen LogP contribution in [0.15, 0.2) is 60.0 Å². The zero-order valence-electron chi connectivity index (χ0n) is 17.3. The van der Waals surface area contributed by atoms with Crippen molar-refractivity contribution in [3.63, 3.8) is 0 Å². The third-order valence-corrected chi connectivity index (χ3v) is 6.83. The molecule has 1 aromatic carbocycles. The van der Waals surface area contributed by atoms with Crippen molar-refractivity contribution in [3.8, 4) is 0 Å². The Morgan fingerprint density at radius 2 is 1.74 bits per heavy atom. The number of fused-ring (bicyclic) bond motifs is 1. The molecule has 3 aromatic heterocycles. The second-order valence-electron chi connectivity index (χ2n) is 7.94. The second-order valence-corrected chi connectivity index (χ2v) is 9.32. The van der Waals surface area contributed by atoms with E-state index in [9.17, 15) is 0 Å². The molecule has 1 saturated heterocycles. The van der Waals surface area contributed by atoms with Crippen LogP contribution in [0.4, 0.5) is 0 Å². The molecule has 0 N–H and O–H groups in total. The standard InChI is InChI=1S/C23H25ClN6S/c24-19-9-10-21-25-20(15-29(21)14-19)17-31-23-27-26-22(16-28-11-5-2-6-12-28)30(23)13-18-7-3-1-4-8-18/h1,3-4,7-10,14-15H,2,5-6,11-13,16-17H2. The molecule has 8 heteroatoms. The molecular formula is C23H25ClN6S. The van der Waals surface area contributed by atoms with Gasteiger partial charge in [-0.3, -0.25) is 4.90 Å². The molecule has 4 heterocycles. The molecule has 0 saturated carbocycles. The number of likely N-dealkylation sites (tertiary alicyclic amines) is 1. The third kappa shape index (κ3) is 4.95. The fraction of sp³-hybridized carbons (Fsp3) is 0.348. The van der Waals surface area contributed by atoms with E-state index in [0.29, 0.717) is 5.02 Å². The summed E-state index contributed by atoms with van der Waals surface area (Å²) in [7, 11) is 0. The topological polar surface area (TPSA) is 51.2 Å². The summed E-state index contributed by atoms with van der Waals surface area (Å²) in [5.41, 5.74) is 3.15. The van der Waals surface area contributed by atoms with Crippen molar-refractivity contribution >= 4 is 29.0 Å². The monoisotopic (exact) mass is 452 g/mol. The Morgan fingerprint density at radius 3 is 2.58 bits per heavy atom. The first kappa shape index (κ1) is 20.5. The van der Waals surface area contributed by atoms with Crippen LogP contribution in [0, 0.1) is 0 Å². The van der Waals surface area contributed by atoms with Crippen LogP contribution in [0.3, 0.4) is 0 Å². The molecule has 0 atom stereocenters. The van der Waals surface area contributed by atoms with Crippen LogP contribution in [-0.4, -0.2) is 42.1 Å². The number of imidazole rings is 1. The quantitative estimate of drug-likeness (QED) is 0.373. The van der Waals surface area contributed by atoms with Gasteiger partial charge in [-0.1, -0.05) is 60.1 Å². The van der Waals surface area contributed by atoms with E-state index in [1.54, 1.807) is 11.8 Å². The summed E-state index contributed by atoms with van der Waals surface area (Å²) in [5.74, 6) is 1.77. The highest BCUT2D eigenvalue weighted by Crippen LogP contribution is 2.24. The summed E-state index contributed by atoms with van der Waals surface area (Å²) in [5, 5.41) is 10.8. The maximum atomic E-state index is 6.10. The number of halogens is 1. The van der Waals surface area contributed by atoms with Gasteiger partial charge in [0.05, 0.1) is 23.8 Å². The van der Waals surface area contributed by atoms with Gasteiger partial charge in [0.15, 0.2) is 5.16 Å².